The van der Waals surface area contributed by atoms with Gasteiger partial charge in [-0.2, -0.15) is 0 Å². The molecule has 0 fully saturated rings. The molecule has 0 atom stereocenters. The van der Waals surface area contributed by atoms with Gasteiger partial charge in [-0.15, -0.1) is 0 Å². The van der Waals surface area contributed by atoms with Gasteiger partial charge in [-0.25, -0.2) is 0 Å². The first kappa shape index (κ1) is 36.9. The van der Waals surface area contributed by atoms with E-state index < -0.39 is 0 Å². The van der Waals surface area contributed by atoms with Crippen LogP contribution in [0.4, 0.5) is 0 Å². The summed E-state index contributed by atoms with van der Waals surface area (Å²) in [5.74, 6) is 0. The first-order valence-corrected chi connectivity index (χ1v) is 0.561. The van der Waals surface area contributed by atoms with E-state index in [9.17, 15) is 0 Å². The predicted molar refractivity (Wildman–Crippen MR) is 1.80 cm³/mol. The molecular formula is HCoCuLiMoOTi. The Morgan fingerprint density at radius 3 is 1.33 bits per heavy atom. The molecule has 38 valence electrons. The maximum absolute atomic E-state index is 7.94. The van der Waals surface area contributed by atoms with Crippen molar-refractivity contribution in [1.29, 1.82) is 0 Å². The third-order valence-corrected chi connectivity index (χ3v) is 0. The Bertz CT molecular complexity index is 19.7. The van der Waals surface area contributed by atoms with Crippen LogP contribution < -0.4 is 18.9 Å². The maximum Gasteiger partial charge on any atom is 0 e. The van der Waals surface area contributed by atoms with Crippen molar-refractivity contribution in [2.45, 2.75) is 0 Å². The fraction of sp³-hybridized carbons (Fsp3) is 0. The van der Waals surface area contributed by atoms with Crippen molar-refractivity contribution in [2.24, 2.45) is 0 Å². The van der Waals surface area contributed by atoms with Crippen LogP contribution in [0.15, 0.2) is 0 Å². The molecule has 1 nitrogen and oxygen atoms in total. The van der Waals surface area contributed by atoms with Gasteiger partial charge >= 0.3 is 38.4 Å². The SMILES string of the molecule is [Cu].[H-].[Li+].[Mo].[O]=[Co].[Ti]. The third kappa shape index (κ3) is 29.0. The van der Waals surface area contributed by atoms with E-state index in [2.05, 4.69) is 15.7 Å². The summed E-state index contributed by atoms with van der Waals surface area (Å²) in [6.45, 7) is 0. The number of hydrogen-bond acceptors (Lipinski definition) is 1. The molecular weight excluding hydrogens is 289 g/mol. The van der Waals surface area contributed by atoms with Crippen LogP contribution in [0.1, 0.15) is 1.43 Å². The zero-order valence-corrected chi connectivity index (χ0v) is 8.50. The Balaban J connectivity index is -0.000000000500. The van der Waals surface area contributed by atoms with E-state index in [-0.39, 0.29) is 80.1 Å². The molecule has 6 heteroatoms. The van der Waals surface area contributed by atoms with E-state index in [0.717, 1.165) is 0 Å². The molecule has 0 spiro atoms. The summed E-state index contributed by atoms with van der Waals surface area (Å²) in [5, 5.41) is 0. The minimum atomic E-state index is 0. The molecule has 0 aliphatic heterocycles. The summed E-state index contributed by atoms with van der Waals surface area (Å²) in [6, 6.07) is 0. The molecule has 0 aliphatic carbocycles. The van der Waals surface area contributed by atoms with Crippen molar-refractivity contribution >= 4 is 0 Å². The molecule has 0 saturated carbocycles. The summed E-state index contributed by atoms with van der Waals surface area (Å²) in [5.41, 5.74) is 0. The minimum absolute atomic E-state index is 0. The van der Waals surface area contributed by atoms with Crippen LogP contribution in [0.2, 0.25) is 0 Å². The molecule has 0 aromatic rings. The second kappa shape index (κ2) is 45.7. The molecule has 0 N–H and O–H groups in total. The van der Waals surface area contributed by atoms with Crippen molar-refractivity contribution in [3.05, 3.63) is 0 Å². The third-order valence-electron chi connectivity index (χ3n) is 0. The van der Waals surface area contributed by atoms with Crippen molar-refractivity contribution in [3.8, 4) is 0 Å². The fourth-order valence-corrected chi connectivity index (χ4v) is 0. The zero-order chi connectivity index (χ0) is 2.00. The summed E-state index contributed by atoms with van der Waals surface area (Å²) >= 11 is 2.31. The second-order valence-corrected chi connectivity index (χ2v) is 0. The fourth-order valence-electron chi connectivity index (χ4n) is 0. The van der Waals surface area contributed by atoms with Gasteiger partial charge in [0.2, 0.25) is 0 Å². The molecule has 1 radical (unpaired) electrons. The molecule has 0 rings (SSSR count). The summed E-state index contributed by atoms with van der Waals surface area (Å²) in [6.07, 6.45) is 0. The van der Waals surface area contributed by atoms with E-state index in [1.807, 2.05) is 0 Å². The Labute approximate surface area is 98.2 Å². The molecule has 0 amide bonds. The number of hydrogen-bond donors (Lipinski definition) is 0. The second-order valence-electron chi connectivity index (χ2n) is 0. The summed E-state index contributed by atoms with van der Waals surface area (Å²) in [7, 11) is 0. The van der Waals surface area contributed by atoms with Gasteiger partial charge in [0.1, 0.15) is 0 Å². The predicted octanol–water partition coefficient (Wildman–Crippen LogP) is -3.01. The van der Waals surface area contributed by atoms with Crippen molar-refractivity contribution in [2.75, 3.05) is 0 Å². The van der Waals surface area contributed by atoms with Crippen LogP contribution in [0.3, 0.4) is 0 Å². The average Bonchev–Trinajstić information content (AvgIpc) is 1.00. The van der Waals surface area contributed by atoms with Crippen molar-refractivity contribution in [1.82, 2.24) is 0 Å². The van der Waals surface area contributed by atoms with Crippen LogP contribution in [-0.4, -0.2) is 0 Å². The standard InChI is InChI=1S/Co.Cu.Li.Mo.O.Ti.H/q;;+1;;;;-1. The first-order valence-electron chi connectivity index (χ1n) is 0.136. The van der Waals surface area contributed by atoms with Crippen LogP contribution >= 0.6 is 0 Å². The van der Waals surface area contributed by atoms with Crippen LogP contribution in [-0.2, 0) is 79.4 Å². The maximum atomic E-state index is 7.94. The molecule has 0 aromatic carbocycles. The normalized spacial score (nSPS) is 0.833. The quantitative estimate of drug-likeness (QED) is 0.434. The van der Waals surface area contributed by atoms with Gasteiger partial charge in [0.15, 0.2) is 0 Å². The van der Waals surface area contributed by atoms with Gasteiger partial charge < -0.3 is 1.43 Å². The van der Waals surface area contributed by atoms with Gasteiger partial charge in [0.05, 0.1) is 0 Å². The Kier molecular flexibility index (Phi) is 281. The molecule has 6 heavy (non-hydrogen) atoms. The van der Waals surface area contributed by atoms with Crippen molar-refractivity contribution < 1.29 is 99.7 Å². The van der Waals surface area contributed by atoms with Crippen LogP contribution in [0.5, 0.6) is 0 Å². The smallest absolute Gasteiger partial charge is 0 e. The van der Waals surface area contributed by atoms with Gasteiger partial charge in [0.25, 0.3) is 0 Å². The molecule has 0 aliphatic rings. The first-order chi connectivity index (χ1) is 1.00. The van der Waals surface area contributed by atoms with Gasteiger partial charge in [0, 0.05) is 59.9 Å². The molecule has 0 saturated heterocycles. The van der Waals surface area contributed by atoms with E-state index in [4.69, 9.17) is 3.87 Å². The average molecular weight is 290 g/mol. The molecule has 0 bridgehead atoms. The Morgan fingerprint density at radius 1 is 1.33 bits per heavy atom. The number of rotatable bonds is 0. The van der Waals surface area contributed by atoms with E-state index in [1.54, 1.807) is 0 Å². The van der Waals surface area contributed by atoms with E-state index in [0.29, 0.717) is 0 Å². The van der Waals surface area contributed by atoms with Crippen LogP contribution in [0, 0.1) is 0 Å². The Morgan fingerprint density at radius 2 is 1.33 bits per heavy atom. The largest absolute Gasteiger partial charge is 0 e. The van der Waals surface area contributed by atoms with E-state index in [1.165, 1.54) is 0 Å². The topological polar surface area (TPSA) is 17.1 Å². The zero-order valence-electron chi connectivity index (χ0n) is 3.95. The minimum Gasteiger partial charge on any atom is 0 e. The van der Waals surface area contributed by atoms with E-state index >= 15 is 0 Å². The van der Waals surface area contributed by atoms with Gasteiger partial charge in [-0.3, -0.25) is 0 Å². The molecule has 0 unspecified atom stereocenters. The summed E-state index contributed by atoms with van der Waals surface area (Å²) < 4.78 is 7.94. The monoisotopic (exact) mass is 292 g/mol. The van der Waals surface area contributed by atoms with Crippen molar-refractivity contribution in [3.63, 3.8) is 0 Å². The van der Waals surface area contributed by atoms with Crippen LogP contribution in [0.25, 0.3) is 0 Å². The molecule has 0 aromatic heterocycles. The molecule has 0 heterocycles. The summed E-state index contributed by atoms with van der Waals surface area (Å²) in [4.78, 5) is 0. The Hall–Kier alpha value is 2.83. The van der Waals surface area contributed by atoms with Gasteiger partial charge in [-0.05, 0) is 0 Å². The van der Waals surface area contributed by atoms with Gasteiger partial charge in [-0.1, -0.05) is 0 Å².